The molecule has 1 saturated heterocycles. The van der Waals surface area contributed by atoms with E-state index >= 15 is 0 Å². The van der Waals surface area contributed by atoms with E-state index in [-0.39, 0.29) is 5.91 Å². The number of nitrogens with zero attached hydrogens (tertiary/aromatic N) is 4. The fourth-order valence-corrected chi connectivity index (χ4v) is 3.31. The maximum absolute atomic E-state index is 12.7. The van der Waals surface area contributed by atoms with Crippen LogP contribution in [0.3, 0.4) is 0 Å². The van der Waals surface area contributed by atoms with Gasteiger partial charge in [0, 0.05) is 32.2 Å². The Morgan fingerprint density at radius 3 is 2.71 bits per heavy atom. The normalized spacial score (nSPS) is 18.5. The van der Waals surface area contributed by atoms with Gasteiger partial charge >= 0.3 is 0 Å². The molecule has 5 nitrogen and oxygen atoms in total. The Balaban J connectivity index is 1.68. The number of hydrogen-bond acceptors (Lipinski definition) is 4. The molecule has 1 aromatic carbocycles. The Bertz CT molecular complexity index is 647. The zero-order valence-electron chi connectivity index (χ0n) is 14.1. The highest BCUT2D eigenvalue weighted by Gasteiger charge is 2.29. The third kappa shape index (κ3) is 3.97. The number of rotatable bonds is 5. The van der Waals surface area contributed by atoms with E-state index in [2.05, 4.69) is 46.3 Å². The second kappa shape index (κ2) is 8.02. The fraction of sp³-hybridized carbons (Fsp3) is 0.421. The van der Waals surface area contributed by atoms with Gasteiger partial charge in [0.05, 0.1) is 18.0 Å². The summed E-state index contributed by atoms with van der Waals surface area (Å²) in [4.78, 5) is 17.1. The summed E-state index contributed by atoms with van der Waals surface area (Å²) in [5, 5.41) is 7.57. The summed E-state index contributed by atoms with van der Waals surface area (Å²) in [7, 11) is 0. The van der Waals surface area contributed by atoms with Crippen molar-refractivity contribution in [2.24, 2.45) is 0 Å². The first-order chi connectivity index (χ1) is 11.8. The van der Waals surface area contributed by atoms with Crippen molar-refractivity contribution in [1.29, 1.82) is 0 Å². The topological polar surface area (TPSA) is 49.3 Å². The van der Waals surface area contributed by atoms with Crippen molar-refractivity contribution in [3.05, 3.63) is 59.9 Å². The highest BCUT2D eigenvalue weighted by Crippen LogP contribution is 2.19. The average molecular weight is 324 g/mol. The van der Waals surface area contributed by atoms with Crippen LogP contribution in [0, 0.1) is 0 Å². The molecule has 5 heteroatoms. The minimum atomic E-state index is 0.0605. The Morgan fingerprint density at radius 1 is 1.17 bits per heavy atom. The zero-order valence-corrected chi connectivity index (χ0v) is 14.1. The van der Waals surface area contributed by atoms with Crippen molar-refractivity contribution in [2.75, 3.05) is 19.6 Å². The largest absolute Gasteiger partial charge is 0.336 e. The molecule has 1 amide bonds. The summed E-state index contributed by atoms with van der Waals surface area (Å²) < 4.78 is 0. The van der Waals surface area contributed by atoms with Gasteiger partial charge in [0.25, 0.3) is 5.91 Å². The number of carbonyl (C=O) groups excluding carboxylic acids is 1. The lowest BCUT2D eigenvalue weighted by molar-refractivity contribution is 0.0437. The maximum atomic E-state index is 12.7. The molecule has 0 radical (unpaired) electrons. The van der Waals surface area contributed by atoms with Crippen LogP contribution >= 0.6 is 0 Å². The van der Waals surface area contributed by atoms with Crippen molar-refractivity contribution >= 4 is 5.91 Å². The van der Waals surface area contributed by atoms with Gasteiger partial charge in [-0.25, -0.2) is 0 Å². The lowest BCUT2D eigenvalue weighted by Gasteiger charge is -2.41. The minimum absolute atomic E-state index is 0.0605. The summed E-state index contributed by atoms with van der Waals surface area (Å²) in [6.45, 7) is 5.60. The first-order valence-electron chi connectivity index (χ1n) is 8.62. The second-order valence-electron chi connectivity index (χ2n) is 6.28. The van der Waals surface area contributed by atoms with E-state index in [1.54, 1.807) is 18.5 Å². The second-order valence-corrected chi connectivity index (χ2v) is 6.28. The molecule has 1 aliphatic heterocycles. The van der Waals surface area contributed by atoms with E-state index in [0.717, 1.165) is 39.0 Å². The van der Waals surface area contributed by atoms with Crippen molar-refractivity contribution in [3.63, 3.8) is 0 Å². The molecule has 0 bridgehead atoms. The summed E-state index contributed by atoms with van der Waals surface area (Å²) in [5.41, 5.74) is 1.95. The monoisotopic (exact) mass is 324 g/mol. The smallest absolute Gasteiger partial charge is 0.255 e. The first kappa shape index (κ1) is 16.6. The van der Waals surface area contributed by atoms with Crippen LogP contribution in [0.25, 0.3) is 0 Å². The highest BCUT2D eigenvalue weighted by molar-refractivity contribution is 5.93. The van der Waals surface area contributed by atoms with E-state index in [9.17, 15) is 4.79 Å². The molecule has 3 rings (SSSR count). The molecule has 0 N–H and O–H groups in total. The SMILES string of the molecule is CCC[C@@H]1CN(C(=O)c2ccnnc2)CCN1Cc1ccccc1. The van der Waals surface area contributed by atoms with E-state index in [4.69, 9.17) is 0 Å². The summed E-state index contributed by atoms with van der Waals surface area (Å²) in [6.07, 6.45) is 5.34. The standard InChI is InChI=1S/C19H24N4O/c1-2-6-18-15-23(19(24)17-9-10-20-21-13-17)12-11-22(18)14-16-7-4-3-5-8-16/h3-5,7-10,13,18H,2,6,11-12,14-15H2,1H3/t18-/m1/s1. The van der Waals surface area contributed by atoms with Gasteiger partial charge in [0.15, 0.2) is 0 Å². The minimum Gasteiger partial charge on any atom is -0.336 e. The van der Waals surface area contributed by atoms with Crippen LogP contribution in [-0.4, -0.2) is 51.6 Å². The lowest BCUT2D eigenvalue weighted by atomic mass is 10.0. The number of carbonyl (C=O) groups is 1. The molecule has 0 spiro atoms. The first-order valence-corrected chi connectivity index (χ1v) is 8.62. The van der Waals surface area contributed by atoms with Gasteiger partial charge in [0.2, 0.25) is 0 Å². The molecule has 24 heavy (non-hydrogen) atoms. The van der Waals surface area contributed by atoms with Crippen molar-refractivity contribution in [3.8, 4) is 0 Å². The summed E-state index contributed by atoms with van der Waals surface area (Å²) in [6, 6.07) is 12.7. The van der Waals surface area contributed by atoms with Gasteiger partial charge in [-0.3, -0.25) is 9.69 Å². The van der Waals surface area contributed by atoms with E-state index in [0.29, 0.717) is 11.6 Å². The molecule has 1 aliphatic rings. The number of piperazine rings is 1. The Hall–Kier alpha value is -2.27. The Morgan fingerprint density at radius 2 is 2.00 bits per heavy atom. The van der Waals surface area contributed by atoms with Gasteiger partial charge in [-0.05, 0) is 18.1 Å². The molecule has 1 aromatic heterocycles. The van der Waals surface area contributed by atoms with E-state index < -0.39 is 0 Å². The lowest BCUT2D eigenvalue weighted by Crippen LogP contribution is -2.54. The molecule has 1 fully saturated rings. The molecule has 126 valence electrons. The van der Waals surface area contributed by atoms with Crippen molar-refractivity contribution in [2.45, 2.75) is 32.4 Å². The van der Waals surface area contributed by atoms with E-state index in [1.165, 1.54) is 5.56 Å². The number of benzene rings is 1. The maximum Gasteiger partial charge on any atom is 0.255 e. The predicted molar refractivity (Wildman–Crippen MR) is 93.5 cm³/mol. The van der Waals surface area contributed by atoms with Gasteiger partial charge in [-0.2, -0.15) is 10.2 Å². The van der Waals surface area contributed by atoms with Crippen LogP contribution in [0.5, 0.6) is 0 Å². The third-order valence-electron chi connectivity index (χ3n) is 4.57. The molecule has 0 aliphatic carbocycles. The van der Waals surface area contributed by atoms with Crippen molar-refractivity contribution < 1.29 is 4.79 Å². The molecule has 2 aromatic rings. The quantitative estimate of drug-likeness (QED) is 0.848. The average Bonchev–Trinajstić information content (AvgIpc) is 2.64. The molecule has 2 heterocycles. The Labute approximate surface area is 143 Å². The van der Waals surface area contributed by atoms with Crippen LogP contribution in [0.2, 0.25) is 0 Å². The van der Waals surface area contributed by atoms with Gasteiger partial charge in [-0.1, -0.05) is 43.7 Å². The number of aromatic nitrogens is 2. The van der Waals surface area contributed by atoms with Crippen LogP contribution in [0.4, 0.5) is 0 Å². The van der Waals surface area contributed by atoms with Crippen LogP contribution in [-0.2, 0) is 6.54 Å². The van der Waals surface area contributed by atoms with E-state index in [1.807, 2.05) is 11.0 Å². The van der Waals surface area contributed by atoms with Gasteiger partial charge in [-0.15, -0.1) is 0 Å². The highest BCUT2D eigenvalue weighted by atomic mass is 16.2. The number of amides is 1. The molecular weight excluding hydrogens is 300 g/mol. The molecule has 1 atom stereocenters. The molecule has 0 unspecified atom stereocenters. The number of hydrogen-bond donors (Lipinski definition) is 0. The van der Waals surface area contributed by atoms with Gasteiger partial charge < -0.3 is 4.90 Å². The van der Waals surface area contributed by atoms with Crippen molar-refractivity contribution in [1.82, 2.24) is 20.0 Å². The summed E-state index contributed by atoms with van der Waals surface area (Å²) >= 11 is 0. The molecular formula is C19H24N4O. The van der Waals surface area contributed by atoms with Crippen LogP contribution in [0.1, 0.15) is 35.7 Å². The third-order valence-corrected chi connectivity index (χ3v) is 4.57. The van der Waals surface area contributed by atoms with Crippen LogP contribution < -0.4 is 0 Å². The zero-order chi connectivity index (χ0) is 16.8. The predicted octanol–water partition coefficient (Wildman–Crippen LogP) is 2.60. The fourth-order valence-electron chi connectivity index (χ4n) is 3.31. The summed E-state index contributed by atoms with van der Waals surface area (Å²) in [5.74, 6) is 0.0605. The van der Waals surface area contributed by atoms with Crippen LogP contribution in [0.15, 0.2) is 48.8 Å². The molecule has 0 saturated carbocycles. The Kier molecular flexibility index (Phi) is 5.54. The van der Waals surface area contributed by atoms with Gasteiger partial charge in [0.1, 0.15) is 0 Å².